The molecule has 8 atom stereocenters. The van der Waals surface area contributed by atoms with Gasteiger partial charge in [0.15, 0.2) is 12.1 Å². The molecule has 0 spiro atoms. The van der Waals surface area contributed by atoms with E-state index in [4.69, 9.17) is 23.7 Å². The van der Waals surface area contributed by atoms with E-state index in [0.29, 0.717) is 5.75 Å². The molecule has 0 radical (unpaired) electrons. The Morgan fingerprint density at radius 1 is 1.16 bits per heavy atom. The summed E-state index contributed by atoms with van der Waals surface area (Å²) in [5.41, 5.74) is -1.71. The van der Waals surface area contributed by atoms with E-state index in [1.54, 1.807) is 6.07 Å². The van der Waals surface area contributed by atoms with E-state index >= 15 is 0 Å². The quantitative estimate of drug-likeness (QED) is 0.225. The minimum Gasteiger partial charge on any atom is -0.497 e. The average Bonchev–Trinajstić information content (AvgIpc) is 3.07. The fraction of sp³-hybridized carbons (Fsp3) is 0.650. The van der Waals surface area contributed by atoms with Gasteiger partial charge in [0.25, 0.3) is 0 Å². The summed E-state index contributed by atoms with van der Waals surface area (Å²) in [5, 5.41) is 60.1. The summed E-state index contributed by atoms with van der Waals surface area (Å²) in [6.45, 7) is -0.231. The van der Waals surface area contributed by atoms with Crippen molar-refractivity contribution >= 4 is 5.78 Å². The molecule has 0 amide bonds. The van der Waals surface area contributed by atoms with E-state index < -0.39 is 61.9 Å². The van der Waals surface area contributed by atoms with Gasteiger partial charge in [-0.3, -0.25) is 4.79 Å². The molecule has 0 bridgehead atoms. The molecule has 2 fully saturated rings. The van der Waals surface area contributed by atoms with E-state index in [2.05, 4.69) is 0 Å². The Morgan fingerprint density at radius 3 is 2.47 bits per heavy atom. The molecular weight excluding hydrogens is 432 g/mol. The van der Waals surface area contributed by atoms with Crippen molar-refractivity contribution in [2.45, 2.75) is 55.6 Å². The van der Waals surface area contributed by atoms with Gasteiger partial charge in [-0.1, -0.05) is 0 Å². The predicted molar refractivity (Wildman–Crippen MR) is 104 cm³/mol. The lowest BCUT2D eigenvalue weighted by molar-refractivity contribution is -0.289. The minimum atomic E-state index is -1.90. The van der Waals surface area contributed by atoms with Gasteiger partial charge in [-0.2, -0.15) is 0 Å². The molecule has 0 aromatic heterocycles. The molecule has 3 rings (SSSR count). The van der Waals surface area contributed by atoms with Crippen molar-refractivity contribution in [2.75, 3.05) is 26.9 Å². The predicted octanol–water partition coefficient (Wildman–Crippen LogP) is -2.46. The van der Waals surface area contributed by atoms with Crippen LogP contribution in [-0.4, -0.2) is 112 Å². The van der Waals surface area contributed by atoms with Crippen molar-refractivity contribution in [3.8, 4) is 11.5 Å². The van der Waals surface area contributed by atoms with E-state index in [9.17, 15) is 35.4 Å². The summed E-state index contributed by atoms with van der Waals surface area (Å²) >= 11 is 0. The molecule has 0 unspecified atom stereocenters. The number of hydrogen-bond acceptors (Lipinski definition) is 12. The number of ketones is 1. The van der Waals surface area contributed by atoms with Crippen LogP contribution in [0.3, 0.4) is 0 Å². The summed E-state index contributed by atoms with van der Waals surface area (Å²) in [6.07, 6.45) is -10.5. The van der Waals surface area contributed by atoms with Crippen LogP contribution < -0.4 is 9.47 Å². The standard InChI is InChI=1S/C20H28O12/c1-9(22)11-4-3-10(28-2)5-12(11)31-18-16(25)15(24)14(23)13(32-18)6-29-19-17(26)20(27,7-21)8-30-19/h3-5,13-19,21,23-27H,6-8H2,1-2H3/t13-,14+,15+,16-,17+,18-,19-,20-/m1/s1. The van der Waals surface area contributed by atoms with E-state index in [0.717, 1.165) is 0 Å². The lowest BCUT2D eigenvalue weighted by atomic mass is 9.99. The second-order valence-electron chi connectivity index (χ2n) is 7.77. The molecule has 0 aliphatic carbocycles. The van der Waals surface area contributed by atoms with Gasteiger partial charge in [0, 0.05) is 6.07 Å². The first-order chi connectivity index (χ1) is 15.1. The SMILES string of the molecule is COc1ccc(C(C)=O)c(O[C@@H]2O[C@H](CO[C@@H]3OC[C@](O)(CO)[C@H]3O)[C@H](O)[C@H](O)[C@H]2O)c1. The maximum absolute atomic E-state index is 11.9. The molecule has 2 aliphatic heterocycles. The van der Waals surface area contributed by atoms with Crippen LogP contribution in [0.5, 0.6) is 11.5 Å². The zero-order valence-electron chi connectivity index (χ0n) is 17.5. The van der Waals surface area contributed by atoms with Crippen LogP contribution in [-0.2, 0) is 14.2 Å². The third-order valence-electron chi connectivity index (χ3n) is 5.48. The maximum atomic E-state index is 11.9. The largest absolute Gasteiger partial charge is 0.497 e. The zero-order chi connectivity index (χ0) is 23.6. The van der Waals surface area contributed by atoms with Crippen molar-refractivity contribution in [3.63, 3.8) is 0 Å². The van der Waals surface area contributed by atoms with E-state index in [-0.39, 0.29) is 23.7 Å². The first-order valence-corrected chi connectivity index (χ1v) is 9.91. The van der Waals surface area contributed by atoms with E-state index in [1.807, 2.05) is 0 Å². The van der Waals surface area contributed by atoms with Crippen LogP contribution in [0.2, 0.25) is 0 Å². The number of rotatable bonds is 8. The van der Waals surface area contributed by atoms with Gasteiger partial charge in [-0.15, -0.1) is 0 Å². The molecule has 12 nitrogen and oxygen atoms in total. The van der Waals surface area contributed by atoms with Crippen LogP contribution in [0.15, 0.2) is 18.2 Å². The fourth-order valence-electron chi connectivity index (χ4n) is 3.42. The van der Waals surface area contributed by atoms with Gasteiger partial charge in [0.2, 0.25) is 6.29 Å². The maximum Gasteiger partial charge on any atom is 0.229 e. The monoisotopic (exact) mass is 460 g/mol. The molecule has 1 aromatic rings. The third kappa shape index (κ3) is 4.88. The van der Waals surface area contributed by atoms with Gasteiger partial charge >= 0.3 is 0 Å². The Balaban J connectivity index is 1.72. The Morgan fingerprint density at radius 2 is 1.88 bits per heavy atom. The van der Waals surface area contributed by atoms with Crippen LogP contribution in [0.4, 0.5) is 0 Å². The second-order valence-corrected chi connectivity index (χ2v) is 7.77. The van der Waals surface area contributed by atoms with Crippen molar-refractivity contribution in [1.29, 1.82) is 0 Å². The lowest BCUT2D eigenvalue weighted by Gasteiger charge is -2.40. The molecule has 1 aromatic carbocycles. The van der Waals surface area contributed by atoms with Gasteiger partial charge in [-0.25, -0.2) is 0 Å². The zero-order valence-corrected chi connectivity index (χ0v) is 17.5. The van der Waals surface area contributed by atoms with Gasteiger partial charge < -0.3 is 54.3 Å². The van der Waals surface area contributed by atoms with E-state index in [1.165, 1.54) is 26.2 Å². The summed E-state index contributed by atoms with van der Waals surface area (Å²) in [6, 6.07) is 4.43. The molecule has 0 saturated carbocycles. The van der Waals surface area contributed by atoms with Crippen LogP contribution in [0.1, 0.15) is 17.3 Å². The highest BCUT2D eigenvalue weighted by molar-refractivity contribution is 5.97. The summed E-state index contributed by atoms with van der Waals surface area (Å²) < 4.78 is 26.8. The van der Waals surface area contributed by atoms with Gasteiger partial charge in [0.1, 0.15) is 47.6 Å². The van der Waals surface area contributed by atoms with Gasteiger partial charge in [-0.05, 0) is 19.1 Å². The number of methoxy groups -OCH3 is 1. The van der Waals surface area contributed by atoms with Crippen molar-refractivity contribution in [1.82, 2.24) is 0 Å². The fourth-order valence-corrected chi connectivity index (χ4v) is 3.42. The number of benzene rings is 1. The highest BCUT2D eigenvalue weighted by Crippen LogP contribution is 2.31. The molecule has 32 heavy (non-hydrogen) atoms. The molecule has 2 aliphatic rings. The average molecular weight is 460 g/mol. The number of carbonyl (C=O) groups excluding carboxylic acids is 1. The first-order valence-electron chi connectivity index (χ1n) is 9.91. The Hall–Kier alpha value is -1.87. The number of aliphatic hydroxyl groups excluding tert-OH is 5. The molecule has 2 saturated heterocycles. The first kappa shape index (κ1) is 24.8. The highest BCUT2D eigenvalue weighted by atomic mass is 16.7. The normalized spacial score (nSPS) is 37.3. The molecule has 6 N–H and O–H groups in total. The number of Topliss-reactive ketones (excluding diaryl/α,β-unsaturated/α-hetero) is 1. The summed E-state index contributed by atoms with van der Waals surface area (Å²) in [7, 11) is 1.42. The Labute approximate surface area is 183 Å². The van der Waals surface area contributed by atoms with Crippen LogP contribution in [0, 0.1) is 0 Å². The molecule has 180 valence electrons. The van der Waals surface area contributed by atoms with Gasteiger partial charge in [0.05, 0.1) is 32.5 Å². The topological polar surface area (TPSA) is 185 Å². The number of aliphatic hydroxyl groups is 6. The Bertz CT molecular complexity index is 803. The Kier molecular flexibility index (Phi) is 7.70. The van der Waals surface area contributed by atoms with Crippen LogP contribution in [0.25, 0.3) is 0 Å². The number of hydrogen-bond donors (Lipinski definition) is 6. The molecule has 2 heterocycles. The minimum absolute atomic E-state index is 0.0340. The number of ether oxygens (including phenoxy) is 5. The van der Waals surface area contributed by atoms with Crippen molar-refractivity contribution in [3.05, 3.63) is 23.8 Å². The smallest absolute Gasteiger partial charge is 0.229 e. The number of carbonyl (C=O) groups is 1. The highest BCUT2D eigenvalue weighted by Gasteiger charge is 2.50. The second kappa shape index (κ2) is 9.95. The van der Waals surface area contributed by atoms with Crippen LogP contribution >= 0.6 is 0 Å². The third-order valence-corrected chi connectivity index (χ3v) is 5.48. The molecule has 12 heteroatoms. The van der Waals surface area contributed by atoms with Crippen molar-refractivity contribution < 1.29 is 59.1 Å². The summed E-state index contributed by atoms with van der Waals surface area (Å²) in [4.78, 5) is 11.9. The summed E-state index contributed by atoms with van der Waals surface area (Å²) in [5.74, 6) is 0.0865. The molecular formula is C20H28O12. The van der Waals surface area contributed by atoms with Crippen molar-refractivity contribution in [2.24, 2.45) is 0 Å². The lowest BCUT2D eigenvalue weighted by Crippen LogP contribution is -2.60.